The monoisotopic (exact) mass is 168 g/mol. The molecule has 0 aliphatic carbocycles. The number of hydrogen-bond donors (Lipinski definition) is 0. The molecule has 12 heavy (non-hydrogen) atoms. The van der Waals surface area contributed by atoms with Gasteiger partial charge in [0.15, 0.2) is 11.7 Å². The van der Waals surface area contributed by atoms with E-state index in [9.17, 15) is 8.78 Å². The van der Waals surface area contributed by atoms with Gasteiger partial charge in [-0.15, -0.1) is 0 Å². The summed E-state index contributed by atoms with van der Waals surface area (Å²) in [7, 11) is 0. The summed E-state index contributed by atoms with van der Waals surface area (Å²) in [5, 5.41) is 0. The first-order valence-electron chi connectivity index (χ1n) is 3.23. The van der Waals surface area contributed by atoms with Crippen LogP contribution in [0.25, 0.3) is 0 Å². The predicted molar refractivity (Wildman–Crippen MR) is 47.9 cm³/mol. The Balaban J connectivity index is 4.83. The highest BCUT2D eigenvalue weighted by atomic mass is 19.2. The molecule has 2 heteroatoms. The van der Waals surface area contributed by atoms with Crippen molar-refractivity contribution in [2.75, 3.05) is 0 Å². The predicted octanol–water partition coefficient (Wildman–Crippen LogP) is 3.62. The van der Waals surface area contributed by atoms with E-state index in [1.54, 1.807) is 0 Å². The van der Waals surface area contributed by atoms with Crippen molar-refractivity contribution in [2.24, 2.45) is 0 Å². The maximum absolute atomic E-state index is 12.9. The molecule has 64 valence electrons. The van der Waals surface area contributed by atoms with Gasteiger partial charge in [0.25, 0.3) is 0 Å². The quantitative estimate of drug-likeness (QED) is 0.562. The van der Waals surface area contributed by atoms with Gasteiger partial charge >= 0.3 is 0 Å². The first-order chi connectivity index (χ1) is 5.54. The van der Waals surface area contributed by atoms with Gasteiger partial charge in [0.1, 0.15) is 0 Å². The number of halogens is 2. The van der Waals surface area contributed by atoms with Crippen LogP contribution in [-0.2, 0) is 0 Å². The summed E-state index contributed by atoms with van der Waals surface area (Å²) in [5.41, 5.74) is 0.145. The third kappa shape index (κ3) is 2.31. The van der Waals surface area contributed by atoms with E-state index < -0.39 is 11.7 Å². The molecule has 0 aliphatic heterocycles. The molecule has 0 aromatic carbocycles. The first kappa shape index (κ1) is 10.6. The molecule has 0 nitrogen and oxygen atoms in total. The minimum Gasteiger partial charge on any atom is -0.204 e. The summed E-state index contributed by atoms with van der Waals surface area (Å²) in [6, 6.07) is 0. The van der Waals surface area contributed by atoms with E-state index in [-0.39, 0.29) is 11.1 Å². The van der Waals surface area contributed by atoms with Gasteiger partial charge in [-0.25, -0.2) is 8.78 Å². The maximum atomic E-state index is 12.9. The van der Waals surface area contributed by atoms with Crippen molar-refractivity contribution in [1.29, 1.82) is 0 Å². The summed E-state index contributed by atoms with van der Waals surface area (Å²) in [5.74, 6) is -2.09. The Kier molecular flexibility index (Phi) is 3.91. The SMILES string of the molecule is C=CC(=C)C(=C)/C(F)=C(/F)C=C. The summed E-state index contributed by atoms with van der Waals surface area (Å²) in [4.78, 5) is 0. The van der Waals surface area contributed by atoms with Gasteiger partial charge in [-0.1, -0.05) is 32.4 Å². The Labute approximate surface area is 70.9 Å². The maximum Gasteiger partial charge on any atom is 0.165 e. The minimum atomic E-state index is -1.05. The standard InChI is InChI=1S/C10H10F2/c1-5-7(3)8(4)10(12)9(11)6-2/h5-6H,1-4H2/b10-9-. The fraction of sp³-hybridized carbons (Fsp3) is 0. The number of rotatable bonds is 4. The van der Waals surface area contributed by atoms with E-state index in [2.05, 4.69) is 26.3 Å². The molecule has 0 bridgehead atoms. The van der Waals surface area contributed by atoms with Crippen molar-refractivity contribution in [1.82, 2.24) is 0 Å². The van der Waals surface area contributed by atoms with Crippen LogP contribution in [-0.4, -0.2) is 0 Å². The summed E-state index contributed by atoms with van der Waals surface area (Å²) < 4.78 is 25.4. The van der Waals surface area contributed by atoms with Crippen LogP contribution in [0.3, 0.4) is 0 Å². The van der Waals surface area contributed by atoms with E-state index in [0.29, 0.717) is 0 Å². The van der Waals surface area contributed by atoms with Gasteiger partial charge in [-0.2, -0.15) is 0 Å². The zero-order valence-corrected chi connectivity index (χ0v) is 6.74. The molecule has 0 aromatic heterocycles. The summed E-state index contributed by atoms with van der Waals surface area (Å²) >= 11 is 0. The first-order valence-corrected chi connectivity index (χ1v) is 3.23. The molecule has 0 spiro atoms. The van der Waals surface area contributed by atoms with E-state index in [1.165, 1.54) is 6.08 Å². The smallest absolute Gasteiger partial charge is 0.165 e. The molecule has 0 fully saturated rings. The van der Waals surface area contributed by atoms with E-state index >= 15 is 0 Å². The largest absolute Gasteiger partial charge is 0.204 e. The second-order valence-electron chi connectivity index (χ2n) is 2.07. The molecule has 0 aromatic rings. The highest BCUT2D eigenvalue weighted by Crippen LogP contribution is 2.22. The number of hydrogen-bond acceptors (Lipinski definition) is 0. The van der Waals surface area contributed by atoms with Crippen LogP contribution in [0.1, 0.15) is 0 Å². The molecule has 0 heterocycles. The van der Waals surface area contributed by atoms with Crippen LogP contribution in [0.15, 0.2) is 61.3 Å². The molecular weight excluding hydrogens is 158 g/mol. The molecule has 0 aliphatic rings. The van der Waals surface area contributed by atoms with E-state index in [4.69, 9.17) is 0 Å². The third-order valence-electron chi connectivity index (χ3n) is 1.29. The van der Waals surface area contributed by atoms with Crippen molar-refractivity contribution in [3.63, 3.8) is 0 Å². The number of allylic oxidation sites excluding steroid dienone is 6. The minimum absolute atomic E-state index is 0.109. The Hall–Kier alpha value is -1.44. The molecular formula is C10H10F2. The fourth-order valence-electron chi connectivity index (χ4n) is 0.498. The second kappa shape index (κ2) is 4.44. The Morgan fingerprint density at radius 3 is 1.83 bits per heavy atom. The van der Waals surface area contributed by atoms with Crippen molar-refractivity contribution in [3.8, 4) is 0 Å². The normalized spacial score (nSPS) is 11.5. The van der Waals surface area contributed by atoms with Gasteiger partial charge < -0.3 is 0 Å². The van der Waals surface area contributed by atoms with Gasteiger partial charge in [-0.05, 0) is 11.6 Å². The van der Waals surface area contributed by atoms with Crippen molar-refractivity contribution in [2.45, 2.75) is 0 Å². The Morgan fingerprint density at radius 2 is 1.50 bits per heavy atom. The molecule has 0 saturated heterocycles. The molecule has 0 radical (unpaired) electrons. The molecule has 0 amide bonds. The Morgan fingerprint density at radius 1 is 1.00 bits per heavy atom. The van der Waals surface area contributed by atoms with Crippen molar-refractivity contribution >= 4 is 0 Å². The topological polar surface area (TPSA) is 0 Å². The van der Waals surface area contributed by atoms with Gasteiger partial charge in [0.2, 0.25) is 0 Å². The highest BCUT2D eigenvalue weighted by molar-refractivity contribution is 5.47. The van der Waals surface area contributed by atoms with Gasteiger partial charge in [0, 0.05) is 5.57 Å². The van der Waals surface area contributed by atoms with Crippen molar-refractivity contribution in [3.05, 3.63) is 61.3 Å². The molecule has 0 atom stereocenters. The lowest BCUT2D eigenvalue weighted by Crippen LogP contribution is -1.86. The van der Waals surface area contributed by atoms with E-state index in [1.807, 2.05) is 0 Å². The molecule has 0 saturated carbocycles. The second-order valence-corrected chi connectivity index (χ2v) is 2.07. The van der Waals surface area contributed by atoms with Crippen LogP contribution in [0.5, 0.6) is 0 Å². The lowest BCUT2D eigenvalue weighted by Gasteiger charge is -2.01. The zero-order chi connectivity index (χ0) is 9.72. The van der Waals surface area contributed by atoms with Gasteiger partial charge in [0.05, 0.1) is 0 Å². The Bertz CT molecular complexity index is 270. The van der Waals surface area contributed by atoms with Crippen LogP contribution in [0.2, 0.25) is 0 Å². The lowest BCUT2D eigenvalue weighted by atomic mass is 10.1. The fourth-order valence-corrected chi connectivity index (χ4v) is 0.498. The molecule has 0 N–H and O–H groups in total. The molecule has 0 unspecified atom stereocenters. The zero-order valence-electron chi connectivity index (χ0n) is 6.74. The average Bonchev–Trinajstić information content (AvgIpc) is 2.12. The van der Waals surface area contributed by atoms with Crippen LogP contribution in [0, 0.1) is 0 Å². The van der Waals surface area contributed by atoms with Gasteiger partial charge in [-0.3, -0.25) is 0 Å². The lowest BCUT2D eigenvalue weighted by molar-refractivity contribution is 0.567. The summed E-state index contributed by atoms with van der Waals surface area (Å²) in [6.45, 7) is 13.2. The summed E-state index contributed by atoms with van der Waals surface area (Å²) in [6.07, 6.45) is 2.08. The van der Waals surface area contributed by atoms with E-state index in [0.717, 1.165) is 6.08 Å². The third-order valence-corrected chi connectivity index (χ3v) is 1.29. The van der Waals surface area contributed by atoms with Crippen molar-refractivity contribution < 1.29 is 8.78 Å². The van der Waals surface area contributed by atoms with Crippen LogP contribution < -0.4 is 0 Å². The van der Waals surface area contributed by atoms with Crippen LogP contribution in [0.4, 0.5) is 8.78 Å². The van der Waals surface area contributed by atoms with Crippen LogP contribution >= 0.6 is 0 Å². The highest BCUT2D eigenvalue weighted by Gasteiger charge is 2.07. The molecule has 0 rings (SSSR count). The average molecular weight is 168 g/mol.